The van der Waals surface area contributed by atoms with Gasteiger partial charge in [-0.2, -0.15) is 5.26 Å². The number of hydrogen-bond donors (Lipinski definition) is 1. The second-order valence-electron chi connectivity index (χ2n) is 6.34. The molecule has 3 saturated heterocycles. The van der Waals surface area contributed by atoms with Crippen molar-refractivity contribution in [1.29, 1.82) is 5.26 Å². The van der Waals surface area contributed by atoms with Gasteiger partial charge in [-0.15, -0.1) is 0 Å². The summed E-state index contributed by atoms with van der Waals surface area (Å²) in [5.41, 5.74) is 2.25. The largest absolute Gasteiger partial charge is 0.460 e. The summed E-state index contributed by atoms with van der Waals surface area (Å²) in [7, 11) is 1.72. The summed E-state index contributed by atoms with van der Waals surface area (Å²) in [5, 5.41) is 12.3. The molecule has 0 saturated carbocycles. The van der Waals surface area contributed by atoms with Gasteiger partial charge >= 0.3 is 0 Å². The second kappa shape index (κ2) is 6.55. The fourth-order valence-electron chi connectivity index (χ4n) is 3.50. The molecule has 0 spiro atoms. The van der Waals surface area contributed by atoms with Crippen molar-refractivity contribution in [2.75, 3.05) is 32.0 Å². The van der Waals surface area contributed by atoms with E-state index in [1.165, 1.54) is 25.9 Å². The molecule has 0 radical (unpaired) electrons. The number of aryl methyl sites for hydroxylation is 2. The van der Waals surface area contributed by atoms with Crippen LogP contribution >= 0.6 is 0 Å². The number of nitrogens with one attached hydrogen (secondary N) is 1. The zero-order valence-corrected chi connectivity index (χ0v) is 14.0. The lowest BCUT2D eigenvalue weighted by molar-refractivity contribution is -0.0146. The van der Waals surface area contributed by atoms with Crippen LogP contribution in [0.4, 0.5) is 5.82 Å². The quantitative estimate of drug-likeness (QED) is 0.668. The monoisotopic (exact) mass is 313 g/mol. The Kier molecular flexibility index (Phi) is 4.49. The number of rotatable bonds is 2. The zero-order valence-electron chi connectivity index (χ0n) is 14.0. The van der Waals surface area contributed by atoms with E-state index < -0.39 is 0 Å². The van der Waals surface area contributed by atoms with Gasteiger partial charge in [-0.05, 0) is 57.3 Å². The van der Waals surface area contributed by atoms with E-state index in [1.54, 1.807) is 7.05 Å². The van der Waals surface area contributed by atoms with Crippen molar-refractivity contribution >= 4 is 11.8 Å². The lowest BCUT2D eigenvalue weighted by atomic mass is 9.86. The molecule has 3 aliphatic rings. The normalized spacial score (nSPS) is 26.7. The molecule has 1 N–H and O–H groups in total. The lowest BCUT2D eigenvalue weighted by Crippen LogP contribution is -2.52. The average Bonchev–Trinajstić information content (AvgIpc) is 2.55. The third-order valence-electron chi connectivity index (χ3n) is 4.81. The molecule has 2 bridgehead atoms. The highest BCUT2D eigenvalue weighted by Crippen LogP contribution is 2.29. The summed E-state index contributed by atoms with van der Waals surface area (Å²) >= 11 is 0. The summed E-state index contributed by atoms with van der Waals surface area (Å²) < 4.78 is 6.11. The topological polar surface area (TPSA) is 73.5 Å². The molecule has 6 nitrogen and oxygen atoms in total. The van der Waals surface area contributed by atoms with Gasteiger partial charge in [0.1, 0.15) is 18.0 Å². The minimum Gasteiger partial charge on any atom is -0.460 e. The van der Waals surface area contributed by atoms with E-state index in [4.69, 9.17) is 10.00 Å². The Bertz CT molecular complexity index is 632. The average molecular weight is 313 g/mol. The SMILES string of the molecule is CN=C(Nc1cc(C)c(C#N)c(C)n1)O[C@H]1CN2CCC1CC2. The second-order valence-corrected chi connectivity index (χ2v) is 6.34. The summed E-state index contributed by atoms with van der Waals surface area (Å²) in [6.07, 6.45) is 2.61. The molecule has 0 amide bonds. The first-order valence-corrected chi connectivity index (χ1v) is 8.12. The van der Waals surface area contributed by atoms with Crippen molar-refractivity contribution in [3.8, 4) is 6.07 Å². The molecule has 4 rings (SSSR count). The van der Waals surface area contributed by atoms with Crippen LogP contribution in [-0.4, -0.2) is 48.7 Å². The molecular weight excluding hydrogens is 290 g/mol. The van der Waals surface area contributed by atoms with Gasteiger partial charge in [-0.1, -0.05) is 0 Å². The molecule has 23 heavy (non-hydrogen) atoms. The van der Waals surface area contributed by atoms with Crippen LogP contribution in [0.2, 0.25) is 0 Å². The molecule has 1 aromatic rings. The van der Waals surface area contributed by atoms with Gasteiger partial charge in [0.05, 0.1) is 11.3 Å². The van der Waals surface area contributed by atoms with Crippen LogP contribution in [0.25, 0.3) is 0 Å². The van der Waals surface area contributed by atoms with Crippen LogP contribution in [0.5, 0.6) is 0 Å². The number of aromatic nitrogens is 1. The van der Waals surface area contributed by atoms with Crippen LogP contribution in [0.1, 0.15) is 29.7 Å². The first-order valence-electron chi connectivity index (χ1n) is 8.12. The van der Waals surface area contributed by atoms with E-state index in [9.17, 15) is 0 Å². The van der Waals surface area contributed by atoms with E-state index in [0.717, 1.165) is 12.1 Å². The van der Waals surface area contributed by atoms with Crippen LogP contribution in [-0.2, 0) is 4.74 Å². The van der Waals surface area contributed by atoms with Gasteiger partial charge in [0.25, 0.3) is 6.02 Å². The number of fused-ring (bicyclic) bond motifs is 3. The van der Waals surface area contributed by atoms with Crippen LogP contribution in [0, 0.1) is 31.1 Å². The Balaban J connectivity index is 1.70. The lowest BCUT2D eigenvalue weighted by Gasteiger charge is -2.44. The number of ether oxygens (including phenoxy) is 1. The number of pyridine rings is 1. The van der Waals surface area contributed by atoms with Crippen LogP contribution in [0.15, 0.2) is 11.1 Å². The molecule has 0 aromatic carbocycles. The molecule has 6 heteroatoms. The number of nitrogens with zero attached hydrogens (tertiary/aromatic N) is 4. The standard InChI is InChI=1S/C17H23N5O/c1-11-8-16(20-12(2)14(11)9-18)21-17(19-3)23-15-10-22-6-4-13(15)5-7-22/h8,13,15H,4-7,10H2,1-3H3,(H,19,20,21)/t15-/m0/s1. The predicted molar refractivity (Wildman–Crippen MR) is 89.4 cm³/mol. The van der Waals surface area contributed by atoms with E-state index in [2.05, 4.69) is 26.3 Å². The molecule has 0 unspecified atom stereocenters. The number of anilines is 1. The highest BCUT2D eigenvalue weighted by atomic mass is 16.5. The fourth-order valence-corrected chi connectivity index (χ4v) is 3.50. The Labute approximate surface area is 137 Å². The van der Waals surface area contributed by atoms with Crippen LogP contribution in [0.3, 0.4) is 0 Å². The number of piperidine rings is 3. The third kappa shape index (κ3) is 3.30. The van der Waals surface area contributed by atoms with E-state index in [1.807, 2.05) is 19.9 Å². The molecule has 1 atom stereocenters. The first-order chi connectivity index (χ1) is 11.1. The number of aliphatic imine (C=N–C) groups is 1. The van der Waals surface area contributed by atoms with E-state index in [-0.39, 0.29) is 6.10 Å². The van der Waals surface area contributed by atoms with Gasteiger partial charge in [-0.25, -0.2) is 9.98 Å². The van der Waals surface area contributed by atoms with E-state index >= 15 is 0 Å². The van der Waals surface area contributed by atoms with Crippen molar-refractivity contribution < 1.29 is 4.74 Å². The third-order valence-corrected chi connectivity index (χ3v) is 4.81. The summed E-state index contributed by atoms with van der Waals surface area (Å²) in [4.78, 5) is 11.1. The van der Waals surface area contributed by atoms with Crippen molar-refractivity contribution in [2.45, 2.75) is 32.8 Å². The number of hydrogen-bond acceptors (Lipinski definition) is 5. The molecule has 3 fully saturated rings. The number of amidine groups is 1. The molecule has 1 aromatic heterocycles. The van der Waals surface area contributed by atoms with Gasteiger partial charge in [0.2, 0.25) is 0 Å². The zero-order chi connectivity index (χ0) is 16.4. The Hall–Kier alpha value is -2.13. The van der Waals surface area contributed by atoms with Crippen molar-refractivity contribution in [3.05, 3.63) is 22.9 Å². The molecule has 122 valence electrons. The van der Waals surface area contributed by atoms with Gasteiger partial charge in [0, 0.05) is 13.6 Å². The minimum absolute atomic E-state index is 0.198. The smallest absolute Gasteiger partial charge is 0.290 e. The number of nitriles is 1. The summed E-state index contributed by atoms with van der Waals surface area (Å²) in [6, 6.07) is 4.54. The van der Waals surface area contributed by atoms with Crippen LogP contribution < -0.4 is 5.32 Å². The maximum atomic E-state index is 9.13. The maximum Gasteiger partial charge on any atom is 0.290 e. The minimum atomic E-state index is 0.198. The Morgan fingerprint density at radius 2 is 2.17 bits per heavy atom. The van der Waals surface area contributed by atoms with Gasteiger partial charge in [-0.3, -0.25) is 10.2 Å². The Morgan fingerprint density at radius 1 is 1.43 bits per heavy atom. The molecule has 4 heterocycles. The summed E-state index contributed by atoms with van der Waals surface area (Å²) in [6.45, 7) is 7.10. The highest BCUT2D eigenvalue weighted by molar-refractivity contribution is 5.88. The fraction of sp³-hybridized carbons (Fsp3) is 0.588. The van der Waals surface area contributed by atoms with Gasteiger partial charge < -0.3 is 4.74 Å². The predicted octanol–water partition coefficient (Wildman–Crippen LogP) is 2.08. The highest BCUT2D eigenvalue weighted by Gasteiger charge is 2.36. The van der Waals surface area contributed by atoms with Crippen molar-refractivity contribution in [1.82, 2.24) is 9.88 Å². The Morgan fingerprint density at radius 3 is 2.70 bits per heavy atom. The maximum absolute atomic E-state index is 9.13. The first kappa shape index (κ1) is 15.8. The van der Waals surface area contributed by atoms with E-state index in [0.29, 0.717) is 29.0 Å². The molecule has 0 aliphatic carbocycles. The summed E-state index contributed by atoms with van der Waals surface area (Å²) in [5.74, 6) is 1.29. The van der Waals surface area contributed by atoms with Crippen molar-refractivity contribution in [2.24, 2.45) is 10.9 Å². The molecular formula is C17H23N5O. The van der Waals surface area contributed by atoms with Gasteiger partial charge in [0.15, 0.2) is 0 Å². The molecule has 3 aliphatic heterocycles. The van der Waals surface area contributed by atoms with Crippen molar-refractivity contribution in [3.63, 3.8) is 0 Å².